The van der Waals surface area contributed by atoms with Crippen LogP contribution in [0.15, 0.2) is 0 Å². The normalized spacial score (nSPS) is 17.2. The maximum Gasteiger partial charge on any atom is 0.316 e. The van der Waals surface area contributed by atoms with Crippen molar-refractivity contribution in [1.82, 2.24) is 0 Å². The molecule has 0 aromatic rings. The first-order chi connectivity index (χ1) is 4.16. The maximum atomic E-state index is 9.83. The van der Waals surface area contributed by atoms with Crippen molar-refractivity contribution in [3.05, 3.63) is 0 Å². The summed E-state index contributed by atoms with van der Waals surface area (Å²) >= 11 is 5.13. The van der Waals surface area contributed by atoms with Crippen LogP contribution in [0.5, 0.6) is 0 Å². The van der Waals surface area contributed by atoms with Gasteiger partial charge in [-0.2, -0.15) is 0 Å². The molecule has 2 atom stereocenters. The fraction of sp³-hybridized carbons (Fsp3) is 1.00. The highest BCUT2D eigenvalue weighted by Gasteiger charge is 2.02. The molecule has 0 aromatic carbocycles. The summed E-state index contributed by atoms with van der Waals surface area (Å²) in [7, 11) is -2.91. The van der Waals surface area contributed by atoms with E-state index in [1.807, 2.05) is 0 Å². The summed E-state index contributed by atoms with van der Waals surface area (Å²) in [5.74, 6) is 0.00907. The van der Waals surface area contributed by atoms with E-state index in [1.165, 1.54) is 0 Å². The molecule has 56 valence electrons. The molecule has 0 aliphatic rings. The van der Waals surface area contributed by atoms with Crippen molar-refractivity contribution in [3.63, 3.8) is 0 Å². The molecule has 0 aromatic heterocycles. The number of aliphatic hydroxyl groups excluding tert-OH is 1. The van der Waals surface area contributed by atoms with Gasteiger partial charge in [-0.15, -0.1) is 11.6 Å². The Hall–Kier alpha value is 0.400. The number of hydrogen-bond donors (Lipinski definition) is 2. The lowest BCUT2D eigenvalue weighted by Gasteiger charge is -2.03. The summed E-state index contributed by atoms with van der Waals surface area (Å²) in [4.78, 5) is 8.07. The number of alkyl halides is 1. The molecule has 0 saturated heterocycles. The van der Waals surface area contributed by atoms with E-state index in [-0.39, 0.29) is 12.5 Å². The Morgan fingerprint density at radius 3 is 2.67 bits per heavy atom. The van der Waals surface area contributed by atoms with E-state index in [2.05, 4.69) is 4.52 Å². The lowest BCUT2D eigenvalue weighted by molar-refractivity contribution is 0.122. The quantitative estimate of drug-likeness (QED) is 0.465. The molecule has 0 amide bonds. The van der Waals surface area contributed by atoms with Crippen LogP contribution in [-0.4, -0.2) is 28.6 Å². The molecule has 0 aliphatic carbocycles. The predicted molar refractivity (Wildman–Crippen MR) is 33.9 cm³/mol. The molecule has 0 aliphatic heterocycles. The third-order valence-corrected chi connectivity index (χ3v) is 1.35. The van der Waals surface area contributed by atoms with Gasteiger partial charge >= 0.3 is 8.25 Å². The predicted octanol–water partition coefficient (Wildman–Crippen LogP) is -0.0153. The fourth-order valence-electron chi connectivity index (χ4n) is 0.212. The summed E-state index contributed by atoms with van der Waals surface area (Å²) in [5, 5.41) is 8.62. The first kappa shape index (κ1) is 9.40. The second kappa shape index (κ2) is 5.21. The Bertz CT molecular complexity index is 97.8. The second-order valence-electron chi connectivity index (χ2n) is 1.39. The molecule has 0 fully saturated rings. The average molecular weight is 175 g/mol. The highest BCUT2D eigenvalue weighted by molar-refractivity contribution is 7.32. The third kappa shape index (κ3) is 6.28. The van der Waals surface area contributed by atoms with Crippen molar-refractivity contribution < 1.29 is 19.1 Å². The monoisotopic (exact) mass is 174 g/mol. The number of aliphatic hydroxyl groups is 1. The summed E-state index contributed by atoms with van der Waals surface area (Å²) in [6.07, 6.45) is -0.854. The van der Waals surface area contributed by atoms with E-state index in [1.54, 1.807) is 0 Å². The largest absolute Gasteiger partial charge is 0.389 e. The van der Waals surface area contributed by atoms with Crippen molar-refractivity contribution in [3.8, 4) is 0 Å². The van der Waals surface area contributed by atoms with E-state index >= 15 is 0 Å². The van der Waals surface area contributed by atoms with Gasteiger partial charge in [0, 0.05) is 0 Å². The first-order valence-corrected chi connectivity index (χ1v) is 4.06. The van der Waals surface area contributed by atoms with E-state index in [4.69, 9.17) is 21.6 Å². The number of halogens is 1. The van der Waals surface area contributed by atoms with E-state index in [0.717, 1.165) is 0 Å². The van der Waals surface area contributed by atoms with Gasteiger partial charge in [-0.05, 0) is 0 Å². The Balaban J connectivity index is 3.16. The van der Waals surface area contributed by atoms with Crippen LogP contribution >= 0.6 is 19.9 Å². The summed E-state index contributed by atoms with van der Waals surface area (Å²) in [6, 6.07) is 0. The van der Waals surface area contributed by atoms with Crippen LogP contribution in [0.4, 0.5) is 0 Å². The Morgan fingerprint density at radius 1 is 1.78 bits per heavy atom. The van der Waals surface area contributed by atoms with Gasteiger partial charge in [0.15, 0.2) is 0 Å². The zero-order chi connectivity index (χ0) is 7.28. The molecule has 9 heavy (non-hydrogen) atoms. The van der Waals surface area contributed by atoms with Gasteiger partial charge in [-0.1, -0.05) is 0 Å². The van der Waals surface area contributed by atoms with Gasteiger partial charge in [0.2, 0.25) is 0 Å². The van der Waals surface area contributed by atoms with Crippen LogP contribution in [0.3, 0.4) is 0 Å². The molecule has 0 saturated carbocycles. The van der Waals surface area contributed by atoms with Gasteiger partial charge in [0.05, 0.1) is 18.6 Å². The minimum atomic E-state index is -2.91. The number of rotatable bonds is 4. The van der Waals surface area contributed by atoms with Crippen LogP contribution in [-0.2, 0) is 9.09 Å². The molecular weight excluding hydrogens is 166 g/mol. The molecule has 2 N–H and O–H groups in total. The van der Waals surface area contributed by atoms with Gasteiger partial charge in [-0.25, -0.2) is 0 Å². The molecule has 0 radical (unpaired) electrons. The zero-order valence-electron chi connectivity index (χ0n) is 4.58. The molecule has 4 nitrogen and oxygen atoms in total. The van der Waals surface area contributed by atoms with Crippen molar-refractivity contribution in [2.75, 3.05) is 12.5 Å². The summed E-state index contributed by atoms with van der Waals surface area (Å²) < 4.78 is 14.0. The zero-order valence-corrected chi connectivity index (χ0v) is 6.34. The summed E-state index contributed by atoms with van der Waals surface area (Å²) in [6.45, 7) is -0.183. The minimum Gasteiger partial charge on any atom is -0.389 e. The Morgan fingerprint density at radius 2 is 2.33 bits per heavy atom. The van der Waals surface area contributed by atoms with E-state index in [0.29, 0.717) is 0 Å². The number of hydrogen-bond acceptors (Lipinski definition) is 3. The molecule has 6 heteroatoms. The standard InChI is InChI=1S/C3H8ClO4P/c4-1-3(5)2-8-9(6)7/h3,5,9H,1-2H2,(H,6,7). The Labute approximate surface area is 58.4 Å². The highest BCUT2D eigenvalue weighted by Crippen LogP contribution is 2.14. The van der Waals surface area contributed by atoms with Crippen LogP contribution in [0, 0.1) is 0 Å². The fourth-order valence-corrected chi connectivity index (χ4v) is 0.636. The topological polar surface area (TPSA) is 66.8 Å². The molecular formula is C3H8ClO4P. The van der Waals surface area contributed by atoms with E-state index in [9.17, 15) is 4.57 Å². The minimum absolute atomic E-state index is 0.00907. The first-order valence-electron chi connectivity index (χ1n) is 2.26. The van der Waals surface area contributed by atoms with Gasteiger partial charge in [-0.3, -0.25) is 4.57 Å². The Kier molecular flexibility index (Phi) is 5.44. The smallest absolute Gasteiger partial charge is 0.316 e. The maximum absolute atomic E-state index is 9.83. The lowest BCUT2D eigenvalue weighted by Crippen LogP contribution is -2.14. The van der Waals surface area contributed by atoms with Crippen LogP contribution in [0.25, 0.3) is 0 Å². The molecule has 0 heterocycles. The van der Waals surface area contributed by atoms with E-state index < -0.39 is 14.4 Å². The molecule has 2 unspecified atom stereocenters. The van der Waals surface area contributed by atoms with Gasteiger partial charge < -0.3 is 14.5 Å². The molecule has 0 bridgehead atoms. The third-order valence-electron chi connectivity index (χ3n) is 0.577. The van der Waals surface area contributed by atoms with Crippen molar-refractivity contribution in [1.29, 1.82) is 0 Å². The lowest BCUT2D eigenvalue weighted by atomic mass is 10.4. The highest BCUT2D eigenvalue weighted by atomic mass is 35.5. The van der Waals surface area contributed by atoms with Crippen molar-refractivity contribution >= 4 is 19.9 Å². The molecule has 0 rings (SSSR count). The molecule has 0 spiro atoms. The van der Waals surface area contributed by atoms with Crippen LogP contribution in [0.2, 0.25) is 0 Å². The second-order valence-corrected chi connectivity index (χ2v) is 2.51. The van der Waals surface area contributed by atoms with Crippen molar-refractivity contribution in [2.45, 2.75) is 6.10 Å². The SMILES string of the molecule is O=[PH](O)OCC(O)CCl. The van der Waals surface area contributed by atoms with Crippen molar-refractivity contribution in [2.24, 2.45) is 0 Å². The summed E-state index contributed by atoms with van der Waals surface area (Å²) in [5.41, 5.74) is 0. The van der Waals surface area contributed by atoms with Gasteiger partial charge in [0.1, 0.15) is 0 Å². The van der Waals surface area contributed by atoms with Crippen LogP contribution in [0.1, 0.15) is 0 Å². The van der Waals surface area contributed by atoms with Gasteiger partial charge in [0.25, 0.3) is 0 Å². The average Bonchev–Trinajstić information content (AvgIpc) is 1.83. The van der Waals surface area contributed by atoms with Crippen LogP contribution < -0.4 is 0 Å².